The van der Waals surface area contributed by atoms with Crippen LogP contribution in [0, 0.1) is 0 Å². The van der Waals surface area contributed by atoms with Crippen molar-refractivity contribution in [2.75, 3.05) is 6.54 Å². The highest BCUT2D eigenvalue weighted by atomic mass is 32.1. The summed E-state index contributed by atoms with van der Waals surface area (Å²) in [7, 11) is 1.88. The third kappa shape index (κ3) is 2.41. The molecule has 3 aromatic rings. The molecule has 0 spiro atoms. The molecule has 0 aliphatic heterocycles. The van der Waals surface area contributed by atoms with Crippen LogP contribution in [0.15, 0.2) is 24.1 Å². The molecule has 7 heteroatoms. The molecule has 3 rings (SSSR count). The molecule has 1 N–H and O–H groups in total. The van der Waals surface area contributed by atoms with E-state index < -0.39 is 0 Å². The number of imidazole rings is 1. The lowest BCUT2D eigenvalue weighted by molar-refractivity contribution is 0.654. The van der Waals surface area contributed by atoms with Gasteiger partial charge in [-0.3, -0.25) is 9.08 Å². The molecule has 0 radical (unpaired) electrons. The van der Waals surface area contributed by atoms with Crippen molar-refractivity contribution in [1.82, 2.24) is 29.5 Å². The summed E-state index contributed by atoms with van der Waals surface area (Å²) in [4.78, 5) is 9.73. The second-order valence-electron chi connectivity index (χ2n) is 4.09. The van der Waals surface area contributed by atoms with Crippen LogP contribution >= 0.6 is 11.3 Å². The van der Waals surface area contributed by atoms with Gasteiger partial charge >= 0.3 is 0 Å². The van der Waals surface area contributed by atoms with E-state index in [4.69, 9.17) is 0 Å². The Hall–Kier alpha value is -1.73. The van der Waals surface area contributed by atoms with Crippen molar-refractivity contribution < 1.29 is 0 Å². The number of rotatable bonds is 5. The summed E-state index contributed by atoms with van der Waals surface area (Å²) in [6.07, 6.45) is 6.63. The lowest BCUT2D eigenvalue weighted by Gasteiger charge is -1.99. The summed E-state index contributed by atoms with van der Waals surface area (Å²) in [5.41, 5.74) is 1.07. The Balaban J connectivity index is 1.48. The van der Waals surface area contributed by atoms with Crippen molar-refractivity contribution in [3.05, 3.63) is 35.6 Å². The number of aromatic nitrogens is 5. The van der Waals surface area contributed by atoms with Gasteiger partial charge in [0.1, 0.15) is 6.33 Å². The quantitative estimate of drug-likeness (QED) is 0.693. The summed E-state index contributed by atoms with van der Waals surface area (Å²) in [5.74, 6) is 0.871. The highest BCUT2D eigenvalue weighted by Crippen LogP contribution is 2.10. The van der Waals surface area contributed by atoms with Gasteiger partial charge in [-0.1, -0.05) is 0 Å². The van der Waals surface area contributed by atoms with E-state index in [-0.39, 0.29) is 0 Å². The lowest BCUT2D eigenvalue weighted by atomic mass is 10.4. The molecule has 0 saturated carbocycles. The number of nitrogens with zero attached hydrogens (tertiary/aromatic N) is 5. The Morgan fingerprint density at radius 1 is 1.44 bits per heavy atom. The van der Waals surface area contributed by atoms with Gasteiger partial charge in [0.15, 0.2) is 10.8 Å². The molecule has 0 bridgehead atoms. The molecule has 0 amide bonds. The van der Waals surface area contributed by atoms with Gasteiger partial charge in [0.2, 0.25) is 0 Å². The van der Waals surface area contributed by atoms with Crippen LogP contribution in [0.1, 0.15) is 11.5 Å². The number of hydrogen-bond acceptors (Lipinski definition) is 5. The van der Waals surface area contributed by atoms with E-state index in [0.29, 0.717) is 0 Å². The van der Waals surface area contributed by atoms with Crippen molar-refractivity contribution >= 4 is 16.3 Å². The second kappa shape index (κ2) is 4.87. The Morgan fingerprint density at radius 2 is 2.39 bits per heavy atom. The molecule has 0 atom stereocenters. The second-order valence-corrected chi connectivity index (χ2v) is 4.96. The molecule has 0 fully saturated rings. The minimum Gasteiger partial charge on any atom is -0.311 e. The lowest BCUT2D eigenvalue weighted by Crippen LogP contribution is -2.17. The molecule has 0 aromatic carbocycles. The maximum atomic E-state index is 4.51. The maximum absolute atomic E-state index is 4.51. The molecule has 0 aliphatic rings. The van der Waals surface area contributed by atoms with Gasteiger partial charge in [0.05, 0.1) is 5.69 Å². The van der Waals surface area contributed by atoms with Crippen LogP contribution in [-0.4, -0.2) is 30.7 Å². The van der Waals surface area contributed by atoms with Gasteiger partial charge in [0, 0.05) is 44.3 Å². The van der Waals surface area contributed by atoms with E-state index in [1.807, 2.05) is 23.0 Å². The van der Waals surface area contributed by atoms with Crippen molar-refractivity contribution in [3.63, 3.8) is 0 Å². The fourth-order valence-electron chi connectivity index (χ4n) is 1.78. The minimum atomic E-state index is 0.779. The Bertz CT molecular complexity index is 608. The van der Waals surface area contributed by atoms with Crippen molar-refractivity contribution in [1.29, 1.82) is 0 Å². The van der Waals surface area contributed by atoms with Gasteiger partial charge in [0.25, 0.3) is 0 Å². The predicted molar refractivity (Wildman–Crippen MR) is 69.5 cm³/mol. The van der Waals surface area contributed by atoms with Crippen LogP contribution in [0.4, 0.5) is 0 Å². The fraction of sp³-hybridized carbons (Fsp3) is 0.364. The summed E-state index contributed by atoms with van der Waals surface area (Å²) in [6.45, 7) is 1.64. The van der Waals surface area contributed by atoms with E-state index in [1.165, 1.54) is 0 Å². The molecule has 3 aromatic heterocycles. The topological polar surface area (TPSA) is 60.0 Å². The summed E-state index contributed by atoms with van der Waals surface area (Å²) in [6, 6.07) is 0. The SMILES string of the molecule is Cn1cnc(CCNCc2cn3ccsc3n2)n1. The Kier molecular flexibility index (Phi) is 3.07. The fourth-order valence-corrected chi connectivity index (χ4v) is 2.50. The third-order valence-corrected chi connectivity index (χ3v) is 3.39. The normalized spacial score (nSPS) is 11.4. The summed E-state index contributed by atoms with van der Waals surface area (Å²) >= 11 is 1.65. The van der Waals surface area contributed by atoms with Crippen molar-refractivity contribution in [2.24, 2.45) is 7.05 Å². The highest BCUT2D eigenvalue weighted by molar-refractivity contribution is 7.15. The number of hydrogen-bond donors (Lipinski definition) is 1. The summed E-state index contributed by atoms with van der Waals surface area (Å²) in [5, 5.41) is 9.61. The Morgan fingerprint density at radius 3 is 3.17 bits per heavy atom. The first-order chi connectivity index (χ1) is 8.81. The predicted octanol–water partition coefficient (Wildman–Crippen LogP) is 0.857. The van der Waals surface area contributed by atoms with Crippen LogP contribution in [0.5, 0.6) is 0 Å². The van der Waals surface area contributed by atoms with Crippen LogP contribution in [-0.2, 0) is 20.0 Å². The van der Waals surface area contributed by atoms with Crippen LogP contribution in [0.2, 0.25) is 0 Å². The monoisotopic (exact) mass is 262 g/mol. The van der Waals surface area contributed by atoms with Crippen LogP contribution in [0.3, 0.4) is 0 Å². The zero-order valence-corrected chi connectivity index (χ0v) is 10.9. The summed E-state index contributed by atoms with van der Waals surface area (Å²) < 4.78 is 3.76. The van der Waals surface area contributed by atoms with Gasteiger partial charge in [-0.05, 0) is 0 Å². The van der Waals surface area contributed by atoms with E-state index in [0.717, 1.165) is 36.0 Å². The third-order valence-electron chi connectivity index (χ3n) is 2.62. The average Bonchev–Trinajstić information content (AvgIpc) is 3.00. The molecular formula is C11H14N6S. The maximum Gasteiger partial charge on any atom is 0.193 e. The van der Waals surface area contributed by atoms with Crippen molar-refractivity contribution in [3.8, 4) is 0 Å². The average molecular weight is 262 g/mol. The first-order valence-electron chi connectivity index (χ1n) is 5.77. The number of aryl methyl sites for hydroxylation is 1. The molecule has 0 aliphatic carbocycles. The Labute approximate surface area is 108 Å². The van der Waals surface area contributed by atoms with Crippen molar-refractivity contribution in [2.45, 2.75) is 13.0 Å². The molecule has 6 nitrogen and oxygen atoms in total. The largest absolute Gasteiger partial charge is 0.311 e. The van der Waals surface area contributed by atoms with Gasteiger partial charge in [-0.25, -0.2) is 9.97 Å². The van der Waals surface area contributed by atoms with Gasteiger partial charge < -0.3 is 5.32 Å². The standard InChI is InChI=1S/C11H14N6S/c1-16-8-13-10(15-16)2-3-12-6-9-7-17-4-5-18-11(17)14-9/h4-5,7-8,12H,2-3,6H2,1H3. The van der Waals surface area contributed by atoms with Gasteiger partial charge in [-0.15, -0.1) is 11.3 Å². The van der Waals surface area contributed by atoms with E-state index >= 15 is 0 Å². The minimum absolute atomic E-state index is 0.779. The van der Waals surface area contributed by atoms with E-state index in [1.54, 1.807) is 22.3 Å². The zero-order valence-electron chi connectivity index (χ0n) is 10.1. The number of nitrogens with one attached hydrogen (secondary N) is 1. The first kappa shape index (κ1) is 11.4. The van der Waals surface area contributed by atoms with Crippen LogP contribution in [0.25, 0.3) is 4.96 Å². The first-order valence-corrected chi connectivity index (χ1v) is 6.65. The zero-order chi connectivity index (χ0) is 12.4. The number of thiazole rings is 1. The smallest absolute Gasteiger partial charge is 0.193 e. The number of fused-ring (bicyclic) bond motifs is 1. The molecule has 3 heterocycles. The molecular weight excluding hydrogens is 248 g/mol. The van der Waals surface area contributed by atoms with Crippen LogP contribution < -0.4 is 5.32 Å². The molecule has 0 saturated heterocycles. The molecule has 0 unspecified atom stereocenters. The highest BCUT2D eigenvalue weighted by Gasteiger charge is 2.02. The molecule has 18 heavy (non-hydrogen) atoms. The molecule has 94 valence electrons. The van der Waals surface area contributed by atoms with E-state index in [2.05, 4.69) is 26.6 Å². The van der Waals surface area contributed by atoms with Gasteiger partial charge in [-0.2, -0.15) is 5.10 Å². The van der Waals surface area contributed by atoms with E-state index in [9.17, 15) is 0 Å².